The minimum atomic E-state index is -0.340. The van der Waals surface area contributed by atoms with Crippen molar-refractivity contribution < 1.29 is 19.1 Å². The fraction of sp³-hybridized carbons (Fsp3) is 0.433. The third kappa shape index (κ3) is 5.84. The molecule has 1 aliphatic rings. The first-order valence-corrected chi connectivity index (χ1v) is 14.1. The molecule has 1 aromatic heterocycles. The molecule has 1 atom stereocenters. The third-order valence-electron chi connectivity index (χ3n) is 6.96. The van der Waals surface area contributed by atoms with Crippen molar-refractivity contribution in [3.8, 4) is 11.4 Å². The first-order valence-electron chi connectivity index (χ1n) is 13.1. The molecule has 2 amide bonds. The second kappa shape index (κ2) is 11.8. The van der Waals surface area contributed by atoms with E-state index >= 15 is 0 Å². The van der Waals surface area contributed by atoms with E-state index in [4.69, 9.17) is 14.6 Å². The van der Waals surface area contributed by atoms with Gasteiger partial charge in [0.15, 0.2) is 0 Å². The highest BCUT2D eigenvalue weighted by Gasteiger charge is 2.40. The number of aryl methyl sites for hydroxylation is 1. The fourth-order valence-electron chi connectivity index (χ4n) is 4.83. The first kappa shape index (κ1) is 28.7. The van der Waals surface area contributed by atoms with Crippen molar-refractivity contribution in [2.75, 3.05) is 44.6 Å². The van der Waals surface area contributed by atoms with E-state index in [-0.39, 0.29) is 34.8 Å². The number of rotatable bonds is 8. The summed E-state index contributed by atoms with van der Waals surface area (Å²) in [7, 11) is 3.25. The molecule has 8 nitrogen and oxygen atoms in total. The Hall–Kier alpha value is -3.30. The van der Waals surface area contributed by atoms with Gasteiger partial charge in [-0.3, -0.25) is 14.5 Å². The summed E-state index contributed by atoms with van der Waals surface area (Å²) in [4.78, 5) is 28.5. The Morgan fingerprint density at radius 3 is 2.56 bits per heavy atom. The predicted molar refractivity (Wildman–Crippen MR) is 156 cm³/mol. The maximum absolute atomic E-state index is 13.8. The van der Waals surface area contributed by atoms with Gasteiger partial charge in [-0.25, -0.2) is 4.68 Å². The molecule has 2 aromatic carbocycles. The number of amides is 2. The van der Waals surface area contributed by atoms with Crippen molar-refractivity contribution in [3.05, 3.63) is 70.4 Å². The van der Waals surface area contributed by atoms with Crippen LogP contribution in [0.1, 0.15) is 54.0 Å². The fourth-order valence-corrected chi connectivity index (χ4v) is 6.05. The largest absolute Gasteiger partial charge is 0.496 e. The summed E-state index contributed by atoms with van der Waals surface area (Å²) in [6.45, 7) is 11.1. The van der Waals surface area contributed by atoms with E-state index in [0.717, 1.165) is 39.4 Å². The molecule has 0 radical (unpaired) electrons. The minimum absolute atomic E-state index is 0.116. The third-order valence-corrected chi connectivity index (χ3v) is 8.19. The van der Waals surface area contributed by atoms with Gasteiger partial charge in [0.25, 0.3) is 0 Å². The van der Waals surface area contributed by atoms with Crippen molar-refractivity contribution in [3.63, 3.8) is 0 Å². The van der Waals surface area contributed by atoms with Crippen LogP contribution in [0.25, 0.3) is 5.69 Å². The van der Waals surface area contributed by atoms with Gasteiger partial charge in [0.1, 0.15) is 18.1 Å². The lowest BCUT2D eigenvalue weighted by molar-refractivity contribution is -0.123. The Bertz CT molecular complexity index is 1360. The maximum atomic E-state index is 13.8. The minimum Gasteiger partial charge on any atom is -0.496 e. The highest BCUT2D eigenvalue weighted by molar-refractivity contribution is 8.00. The Morgan fingerprint density at radius 2 is 1.87 bits per heavy atom. The number of aromatic nitrogens is 2. The lowest BCUT2D eigenvalue weighted by Crippen LogP contribution is -2.43. The number of thioether (sulfide) groups is 1. The van der Waals surface area contributed by atoms with E-state index in [2.05, 4.69) is 46.0 Å². The van der Waals surface area contributed by atoms with Gasteiger partial charge in [-0.1, -0.05) is 51.1 Å². The zero-order valence-corrected chi connectivity index (χ0v) is 24.6. The molecule has 1 N–H and O–H groups in total. The second-order valence-electron chi connectivity index (χ2n) is 10.7. The molecule has 0 saturated carbocycles. The van der Waals surface area contributed by atoms with E-state index in [1.54, 1.807) is 19.1 Å². The Morgan fingerprint density at radius 1 is 1.13 bits per heavy atom. The van der Waals surface area contributed by atoms with Crippen molar-refractivity contribution in [1.82, 2.24) is 15.1 Å². The van der Waals surface area contributed by atoms with E-state index in [1.165, 1.54) is 11.8 Å². The summed E-state index contributed by atoms with van der Waals surface area (Å²) in [5.41, 5.74) is 5.49. The molecule has 4 rings (SSSR count). The van der Waals surface area contributed by atoms with E-state index in [9.17, 15) is 9.59 Å². The Labute approximate surface area is 235 Å². The zero-order valence-electron chi connectivity index (χ0n) is 23.8. The summed E-state index contributed by atoms with van der Waals surface area (Å²) >= 11 is 1.54. The van der Waals surface area contributed by atoms with E-state index in [1.807, 2.05) is 41.1 Å². The first-order chi connectivity index (χ1) is 18.6. The van der Waals surface area contributed by atoms with Gasteiger partial charge in [0, 0.05) is 30.2 Å². The molecule has 3 aromatic rings. The molecule has 0 aliphatic carbocycles. The molecule has 0 unspecified atom stereocenters. The van der Waals surface area contributed by atoms with Crippen LogP contribution >= 0.6 is 11.8 Å². The number of benzene rings is 2. The number of anilines is 1. The number of carbonyl (C=O) groups is 2. The normalized spacial score (nSPS) is 15.6. The van der Waals surface area contributed by atoms with Gasteiger partial charge in [0.05, 0.1) is 36.1 Å². The van der Waals surface area contributed by atoms with Gasteiger partial charge < -0.3 is 14.8 Å². The highest BCUT2D eigenvalue weighted by atomic mass is 32.2. The van der Waals surface area contributed by atoms with Crippen LogP contribution in [0, 0.1) is 13.8 Å². The van der Waals surface area contributed by atoms with Gasteiger partial charge in [-0.05, 0) is 37.1 Å². The van der Waals surface area contributed by atoms with Crippen LogP contribution in [-0.4, -0.2) is 61.3 Å². The van der Waals surface area contributed by atoms with Crippen molar-refractivity contribution >= 4 is 29.4 Å². The number of ether oxygens (including phenoxy) is 2. The Kier molecular flexibility index (Phi) is 8.71. The lowest BCUT2D eigenvalue weighted by atomic mass is 9.87. The number of fused-ring (bicyclic) bond motifs is 1. The smallest absolute Gasteiger partial charge is 0.240 e. The molecule has 0 saturated heterocycles. The van der Waals surface area contributed by atoms with Crippen LogP contribution in [0.2, 0.25) is 0 Å². The quantitative estimate of drug-likeness (QED) is 0.409. The van der Waals surface area contributed by atoms with Gasteiger partial charge in [-0.2, -0.15) is 5.10 Å². The number of hydrogen-bond donors (Lipinski definition) is 1. The lowest BCUT2D eigenvalue weighted by Gasteiger charge is -2.25. The molecular weight excluding hydrogens is 512 g/mol. The monoisotopic (exact) mass is 550 g/mol. The standard InChI is InChI=1S/C30H38N4O4S/c1-19-11-10-13-22(20(19)2)34-29-26(28(32-34)30(3,4)5)27(21-12-8-9-14-23(21)38-7)39-18-25(36)33(29)17-24(35)31-15-16-37-6/h8-14,27H,15-18H2,1-7H3,(H,31,35)/t27-/m1/s1. The maximum Gasteiger partial charge on any atom is 0.240 e. The molecule has 208 valence electrons. The molecular formula is C30H38N4O4S. The number of nitrogens with zero attached hydrogens (tertiary/aromatic N) is 3. The molecule has 39 heavy (non-hydrogen) atoms. The SMILES string of the molecule is COCCNC(=O)CN1C(=O)CS[C@H](c2ccccc2OC)c2c(C(C)(C)C)nn(-c3cccc(C)c3C)c21. The van der Waals surface area contributed by atoms with Gasteiger partial charge in [0.2, 0.25) is 11.8 Å². The number of para-hydroxylation sites is 1. The van der Waals surface area contributed by atoms with Crippen molar-refractivity contribution in [2.45, 2.75) is 45.3 Å². The van der Waals surface area contributed by atoms with Crippen LogP contribution in [0.4, 0.5) is 5.82 Å². The molecule has 0 bridgehead atoms. The molecule has 1 aliphatic heterocycles. The summed E-state index contributed by atoms with van der Waals surface area (Å²) in [6.07, 6.45) is 0. The molecule has 2 heterocycles. The summed E-state index contributed by atoms with van der Waals surface area (Å²) in [5.74, 6) is 1.18. The summed E-state index contributed by atoms with van der Waals surface area (Å²) in [6, 6.07) is 14.0. The Balaban J connectivity index is 2.02. The van der Waals surface area contributed by atoms with Crippen LogP contribution in [0.5, 0.6) is 5.75 Å². The van der Waals surface area contributed by atoms with Crippen LogP contribution in [-0.2, 0) is 19.7 Å². The number of methoxy groups -OCH3 is 2. The van der Waals surface area contributed by atoms with Gasteiger partial charge >= 0.3 is 0 Å². The van der Waals surface area contributed by atoms with Crippen LogP contribution in [0.15, 0.2) is 42.5 Å². The molecule has 9 heteroatoms. The average Bonchev–Trinajstić information content (AvgIpc) is 3.23. The van der Waals surface area contributed by atoms with Crippen LogP contribution < -0.4 is 15.0 Å². The summed E-state index contributed by atoms with van der Waals surface area (Å²) < 4.78 is 12.7. The zero-order chi connectivity index (χ0) is 28.3. The van der Waals surface area contributed by atoms with E-state index < -0.39 is 0 Å². The topological polar surface area (TPSA) is 85.7 Å². The highest BCUT2D eigenvalue weighted by Crippen LogP contribution is 2.50. The summed E-state index contributed by atoms with van der Waals surface area (Å²) in [5, 5.41) is 7.83. The van der Waals surface area contributed by atoms with Crippen molar-refractivity contribution in [1.29, 1.82) is 0 Å². The average molecular weight is 551 g/mol. The van der Waals surface area contributed by atoms with Crippen molar-refractivity contribution in [2.24, 2.45) is 0 Å². The second-order valence-corrected chi connectivity index (χ2v) is 11.8. The molecule has 0 spiro atoms. The molecule has 0 fully saturated rings. The number of nitrogens with one attached hydrogen (secondary N) is 1. The van der Waals surface area contributed by atoms with Crippen LogP contribution in [0.3, 0.4) is 0 Å². The van der Waals surface area contributed by atoms with E-state index in [0.29, 0.717) is 19.0 Å². The number of carbonyl (C=O) groups excluding carboxylic acids is 2. The predicted octanol–water partition coefficient (Wildman–Crippen LogP) is 4.73. The number of hydrogen-bond acceptors (Lipinski definition) is 6. The van der Waals surface area contributed by atoms with Gasteiger partial charge in [-0.15, -0.1) is 11.8 Å².